The second-order valence-corrected chi connectivity index (χ2v) is 4.03. The molecule has 1 aliphatic heterocycles. The smallest absolute Gasteiger partial charge is 0.260 e. The predicted molar refractivity (Wildman–Crippen MR) is 59.9 cm³/mol. The van der Waals surface area contributed by atoms with E-state index in [4.69, 9.17) is 0 Å². The molecule has 0 atom stereocenters. The lowest BCUT2D eigenvalue weighted by Gasteiger charge is -2.19. The highest BCUT2D eigenvalue weighted by molar-refractivity contribution is 5.97. The summed E-state index contributed by atoms with van der Waals surface area (Å²) in [7, 11) is 0. The van der Waals surface area contributed by atoms with Crippen LogP contribution in [0.25, 0.3) is 0 Å². The van der Waals surface area contributed by atoms with Gasteiger partial charge < -0.3 is 10.2 Å². The monoisotopic (exact) mass is 254 g/mol. The lowest BCUT2D eigenvalue weighted by Crippen LogP contribution is -2.38. The fraction of sp³-hybridized carbons (Fsp3) is 0.333. The second-order valence-electron chi connectivity index (χ2n) is 4.03. The first-order chi connectivity index (χ1) is 8.59. The van der Waals surface area contributed by atoms with Crippen LogP contribution in [0.1, 0.15) is 16.8 Å². The van der Waals surface area contributed by atoms with Gasteiger partial charge in [0.2, 0.25) is 5.91 Å². The third-order valence-electron chi connectivity index (χ3n) is 2.73. The maximum absolute atomic E-state index is 13.5. The molecule has 0 unspecified atom stereocenters. The van der Waals surface area contributed by atoms with E-state index in [-0.39, 0.29) is 12.5 Å². The normalized spacial score (nSPS) is 16.1. The number of halogens is 2. The van der Waals surface area contributed by atoms with Gasteiger partial charge in [0.1, 0.15) is 17.2 Å². The molecule has 6 heteroatoms. The standard InChI is InChI=1S/C12H12F2N2O2/c13-8-3-1-4-9(14)11(8)12(18)16-6-2-5-15-10(17)7-16/h1,3-4H,2,5-7H2,(H,15,17). The van der Waals surface area contributed by atoms with E-state index < -0.39 is 23.1 Å². The summed E-state index contributed by atoms with van der Waals surface area (Å²) in [5.41, 5.74) is -0.604. The molecule has 0 aromatic heterocycles. The van der Waals surface area contributed by atoms with E-state index >= 15 is 0 Å². The number of amides is 2. The average Bonchev–Trinajstić information content (AvgIpc) is 2.53. The van der Waals surface area contributed by atoms with Crippen molar-refractivity contribution >= 4 is 11.8 Å². The molecular formula is C12H12F2N2O2. The van der Waals surface area contributed by atoms with Gasteiger partial charge in [0.05, 0.1) is 6.54 Å². The largest absolute Gasteiger partial charge is 0.354 e. The van der Waals surface area contributed by atoms with Gasteiger partial charge in [-0.2, -0.15) is 0 Å². The summed E-state index contributed by atoms with van der Waals surface area (Å²) in [6, 6.07) is 3.24. The van der Waals surface area contributed by atoms with Gasteiger partial charge in [-0.3, -0.25) is 9.59 Å². The van der Waals surface area contributed by atoms with Gasteiger partial charge in [0.25, 0.3) is 5.91 Å². The Morgan fingerprint density at radius 2 is 1.94 bits per heavy atom. The molecule has 1 aromatic carbocycles. The molecular weight excluding hydrogens is 242 g/mol. The summed E-state index contributed by atoms with van der Waals surface area (Å²) in [5.74, 6) is -2.94. The number of hydrogen-bond acceptors (Lipinski definition) is 2. The number of carbonyl (C=O) groups is 2. The fourth-order valence-corrected chi connectivity index (χ4v) is 1.84. The Kier molecular flexibility index (Phi) is 3.55. The molecule has 1 saturated heterocycles. The summed E-state index contributed by atoms with van der Waals surface area (Å²) in [6.45, 7) is 0.584. The van der Waals surface area contributed by atoms with E-state index in [0.29, 0.717) is 19.5 Å². The van der Waals surface area contributed by atoms with Crippen molar-refractivity contribution in [2.24, 2.45) is 0 Å². The number of nitrogens with one attached hydrogen (secondary N) is 1. The molecule has 4 nitrogen and oxygen atoms in total. The van der Waals surface area contributed by atoms with Crippen molar-refractivity contribution in [3.05, 3.63) is 35.4 Å². The van der Waals surface area contributed by atoms with Crippen LogP contribution >= 0.6 is 0 Å². The van der Waals surface area contributed by atoms with Crippen LogP contribution in [-0.4, -0.2) is 36.3 Å². The number of nitrogens with zero attached hydrogens (tertiary/aromatic N) is 1. The molecule has 1 aliphatic rings. The third-order valence-corrected chi connectivity index (χ3v) is 2.73. The Morgan fingerprint density at radius 1 is 1.28 bits per heavy atom. The van der Waals surface area contributed by atoms with E-state index in [2.05, 4.69) is 5.32 Å². The van der Waals surface area contributed by atoms with Crippen LogP contribution in [0.3, 0.4) is 0 Å². The van der Waals surface area contributed by atoms with Crippen molar-refractivity contribution in [2.45, 2.75) is 6.42 Å². The molecule has 1 N–H and O–H groups in total. The minimum atomic E-state index is -0.912. The van der Waals surface area contributed by atoms with Crippen molar-refractivity contribution in [2.75, 3.05) is 19.6 Å². The molecule has 1 heterocycles. The van der Waals surface area contributed by atoms with Crippen molar-refractivity contribution in [1.82, 2.24) is 10.2 Å². The van der Waals surface area contributed by atoms with Gasteiger partial charge >= 0.3 is 0 Å². The predicted octanol–water partition coefficient (Wildman–Crippen LogP) is 0.927. The van der Waals surface area contributed by atoms with Crippen LogP contribution in [0.2, 0.25) is 0 Å². The topological polar surface area (TPSA) is 49.4 Å². The molecule has 2 amide bonds. The fourth-order valence-electron chi connectivity index (χ4n) is 1.84. The van der Waals surface area contributed by atoms with Gasteiger partial charge in [-0.15, -0.1) is 0 Å². The molecule has 0 bridgehead atoms. The molecule has 0 spiro atoms. The van der Waals surface area contributed by atoms with Gasteiger partial charge in [0.15, 0.2) is 0 Å². The zero-order valence-corrected chi connectivity index (χ0v) is 9.58. The molecule has 1 fully saturated rings. The van der Waals surface area contributed by atoms with E-state index in [9.17, 15) is 18.4 Å². The summed E-state index contributed by atoms with van der Waals surface area (Å²) in [4.78, 5) is 24.5. The Labute approximate surface area is 103 Å². The van der Waals surface area contributed by atoms with E-state index in [1.54, 1.807) is 0 Å². The summed E-state index contributed by atoms with van der Waals surface area (Å²) < 4.78 is 26.9. The van der Waals surface area contributed by atoms with Crippen LogP contribution in [0, 0.1) is 11.6 Å². The summed E-state index contributed by atoms with van der Waals surface area (Å²) in [5, 5.41) is 2.59. The maximum atomic E-state index is 13.5. The van der Waals surface area contributed by atoms with Gasteiger partial charge in [-0.05, 0) is 18.6 Å². The molecule has 0 aliphatic carbocycles. The van der Waals surface area contributed by atoms with E-state index in [0.717, 1.165) is 17.0 Å². The van der Waals surface area contributed by atoms with Crippen LogP contribution in [0.4, 0.5) is 8.78 Å². The lowest BCUT2D eigenvalue weighted by molar-refractivity contribution is -0.121. The third kappa shape index (κ3) is 2.47. The Balaban J connectivity index is 2.27. The molecule has 96 valence electrons. The number of carbonyl (C=O) groups excluding carboxylic acids is 2. The average molecular weight is 254 g/mol. The van der Waals surface area contributed by atoms with Gasteiger partial charge in [-0.25, -0.2) is 8.78 Å². The van der Waals surface area contributed by atoms with Crippen LogP contribution in [0.5, 0.6) is 0 Å². The van der Waals surface area contributed by atoms with Gasteiger partial charge in [-0.1, -0.05) is 6.07 Å². The highest BCUT2D eigenvalue weighted by atomic mass is 19.1. The number of benzene rings is 1. The minimum absolute atomic E-state index is 0.174. The molecule has 18 heavy (non-hydrogen) atoms. The van der Waals surface area contributed by atoms with Crippen molar-refractivity contribution < 1.29 is 18.4 Å². The first-order valence-corrected chi connectivity index (χ1v) is 5.59. The van der Waals surface area contributed by atoms with Gasteiger partial charge in [0, 0.05) is 13.1 Å². The van der Waals surface area contributed by atoms with Crippen molar-refractivity contribution in [3.8, 4) is 0 Å². The van der Waals surface area contributed by atoms with Crippen molar-refractivity contribution in [1.29, 1.82) is 0 Å². The first kappa shape index (κ1) is 12.5. The molecule has 0 saturated carbocycles. The second kappa shape index (κ2) is 5.12. The van der Waals surface area contributed by atoms with E-state index in [1.807, 2.05) is 0 Å². The maximum Gasteiger partial charge on any atom is 0.260 e. The molecule has 2 rings (SSSR count). The van der Waals surface area contributed by atoms with Crippen LogP contribution in [-0.2, 0) is 4.79 Å². The number of rotatable bonds is 1. The minimum Gasteiger partial charge on any atom is -0.354 e. The Bertz CT molecular complexity index is 471. The van der Waals surface area contributed by atoms with Crippen LogP contribution in [0.15, 0.2) is 18.2 Å². The first-order valence-electron chi connectivity index (χ1n) is 5.59. The summed E-state index contributed by atoms with van der Waals surface area (Å²) >= 11 is 0. The molecule has 0 radical (unpaired) electrons. The Hall–Kier alpha value is -1.98. The highest BCUT2D eigenvalue weighted by Gasteiger charge is 2.25. The quantitative estimate of drug-likeness (QED) is 0.810. The van der Waals surface area contributed by atoms with Crippen molar-refractivity contribution in [3.63, 3.8) is 0 Å². The number of hydrogen-bond donors (Lipinski definition) is 1. The SMILES string of the molecule is O=C1CN(C(=O)c2c(F)cccc2F)CCCN1. The van der Waals surface area contributed by atoms with Crippen LogP contribution < -0.4 is 5.32 Å². The summed E-state index contributed by atoms with van der Waals surface area (Å²) in [6.07, 6.45) is 0.563. The zero-order valence-electron chi connectivity index (χ0n) is 9.58. The highest BCUT2D eigenvalue weighted by Crippen LogP contribution is 2.15. The van der Waals surface area contributed by atoms with E-state index in [1.165, 1.54) is 6.07 Å². The molecule has 1 aromatic rings. The zero-order chi connectivity index (χ0) is 13.1. The lowest BCUT2D eigenvalue weighted by atomic mass is 10.1. The Morgan fingerprint density at radius 3 is 2.61 bits per heavy atom.